The van der Waals surface area contributed by atoms with E-state index in [4.69, 9.17) is 0 Å². The highest BCUT2D eigenvalue weighted by atomic mass is 16.2. The number of carbonyl (C=O) groups excluding carboxylic acids is 2. The van der Waals surface area contributed by atoms with E-state index in [-0.39, 0.29) is 17.6 Å². The first-order valence-electron chi connectivity index (χ1n) is 5.50. The zero-order valence-electron chi connectivity index (χ0n) is 9.54. The lowest BCUT2D eigenvalue weighted by Gasteiger charge is -2.09. The van der Waals surface area contributed by atoms with Crippen molar-refractivity contribution in [2.45, 2.75) is 26.7 Å². The monoisotopic (exact) mass is 217 g/mol. The Bertz CT molecular complexity index is 447. The number of aryl methyl sites for hydroxylation is 1. The number of hydrogen-bond acceptors (Lipinski definition) is 2. The number of benzene rings is 1. The Balaban J connectivity index is 2.20. The molecule has 2 rings (SSSR count). The van der Waals surface area contributed by atoms with Gasteiger partial charge in [-0.2, -0.15) is 0 Å². The van der Waals surface area contributed by atoms with Gasteiger partial charge >= 0.3 is 0 Å². The molecule has 0 radical (unpaired) electrons. The van der Waals surface area contributed by atoms with Gasteiger partial charge in [-0.05, 0) is 38.3 Å². The lowest BCUT2D eigenvalue weighted by atomic mass is 10.1. The number of ketones is 1. The van der Waals surface area contributed by atoms with Crippen LogP contribution in [0.5, 0.6) is 0 Å². The predicted octanol–water partition coefficient (Wildman–Crippen LogP) is 2.55. The summed E-state index contributed by atoms with van der Waals surface area (Å²) in [4.78, 5) is 22.8. The van der Waals surface area contributed by atoms with Gasteiger partial charge in [0.05, 0.1) is 0 Å². The highest BCUT2D eigenvalue weighted by Gasteiger charge is 2.29. The van der Waals surface area contributed by atoms with Crippen LogP contribution >= 0.6 is 0 Å². The third-order valence-corrected chi connectivity index (χ3v) is 2.85. The van der Waals surface area contributed by atoms with Crippen molar-refractivity contribution in [3.8, 4) is 0 Å². The molecule has 0 saturated heterocycles. The molecule has 84 valence electrons. The van der Waals surface area contributed by atoms with Crippen molar-refractivity contribution in [2.24, 2.45) is 5.92 Å². The molecule has 0 heterocycles. The topological polar surface area (TPSA) is 46.2 Å². The van der Waals surface area contributed by atoms with Gasteiger partial charge in [0.25, 0.3) is 0 Å². The van der Waals surface area contributed by atoms with Crippen LogP contribution in [0.2, 0.25) is 0 Å². The van der Waals surface area contributed by atoms with Crippen molar-refractivity contribution in [1.82, 2.24) is 0 Å². The molecule has 1 aromatic rings. The van der Waals surface area contributed by atoms with E-state index < -0.39 is 0 Å². The Morgan fingerprint density at radius 2 is 2.00 bits per heavy atom. The molecule has 0 aliphatic heterocycles. The minimum atomic E-state index is 0.0157. The number of anilines is 1. The second kappa shape index (κ2) is 4.08. The molecule has 1 aromatic carbocycles. The molecule has 1 amide bonds. The average Bonchev–Trinajstić information content (AvgIpc) is 3.04. The summed E-state index contributed by atoms with van der Waals surface area (Å²) in [7, 11) is 0. The van der Waals surface area contributed by atoms with Gasteiger partial charge in [0.2, 0.25) is 5.91 Å². The number of rotatable bonds is 3. The molecule has 0 bridgehead atoms. The Hall–Kier alpha value is -1.64. The fraction of sp³-hybridized carbons (Fsp3) is 0.385. The summed E-state index contributed by atoms with van der Waals surface area (Å²) in [5.41, 5.74) is 2.38. The second-order valence-electron chi connectivity index (χ2n) is 4.35. The Labute approximate surface area is 94.9 Å². The first kappa shape index (κ1) is 10.9. The van der Waals surface area contributed by atoms with Crippen molar-refractivity contribution in [2.75, 3.05) is 5.32 Å². The summed E-state index contributed by atoms with van der Waals surface area (Å²) in [6, 6.07) is 5.39. The summed E-state index contributed by atoms with van der Waals surface area (Å²) in [6.07, 6.45) is 1.97. The van der Waals surface area contributed by atoms with Gasteiger partial charge in [-0.25, -0.2) is 0 Å². The Morgan fingerprint density at radius 1 is 1.31 bits per heavy atom. The molecule has 16 heavy (non-hydrogen) atoms. The average molecular weight is 217 g/mol. The van der Waals surface area contributed by atoms with Gasteiger partial charge in [0, 0.05) is 17.2 Å². The molecule has 3 nitrogen and oxygen atoms in total. The molecule has 3 heteroatoms. The second-order valence-corrected chi connectivity index (χ2v) is 4.35. The number of amides is 1. The lowest BCUT2D eigenvalue weighted by molar-refractivity contribution is -0.117. The molecular formula is C13H15NO2. The fourth-order valence-electron chi connectivity index (χ4n) is 1.56. The highest BCUT2D eigenvalue weighted by Crippen LogP contribution is 2.30. The van der Waals surface area contributed by atoms with Crippen molar-refractivity contribution >= 4 is 17.4 Å². The minimum absolute atomic E-state index is 0.0157. The van der Waals surface area contributed by atoms with E-state index in [0.29, 0.717) is 5.56 Å². The van der Waals surface area contributed by atoms with E-state index in [0.717, 1.165) is 24.1 Å². The number of nitrogens with one attached hydrogen (secondary N) is 1. The maximum Gasteiger partial charge on any atom is 0.227 e. The first-order chi connectivity index (χ1) is 7.58. The van der Waals surface area contributed by atoms with E-state index in [1.807, 2.05) is 13.0 Å². The molecule has 1 aliphatic carbocycles. The smallest absolute Gasteiger partial charge is 0.227 e. The van der Waals surface area contributed by atoms with E-state index in [2.05, 4.69) is 5.32 Å². The van der Waals surface area contributed by atoms with Crippen molar-refractivity contribution in [3.63, 3.8) is 0 Å². The third kappa shape index (κ3) is 2.30. The molecule has 0 atom stereocenters. The van der Waals surface area contributed by atoms with Crippen LogP contribution in [0.3, 0.4) is 0 Å². The Morgan fingerprint density at radius 3 is 2.56 bits per heavy atom. The van der Waals surface area contributed by atoms with Crippen molar-refractivity contribution in [3.05, 3.63) is 29.3 Å². The van der Waals surface area contributed by atoms with Gasteiger partial charge in [-0.15, -0.1) is 0 Å². The zero-order valence-corrected chi connectivity index (χ0v) is 9.54. The van der Waals surface area contributed by atoms with Crippen LogP contribution in [0.1, 0.15) is 35.7 Å². The molecule has 0 unspecified atom stereocenters. The summed E-state index contributed by atoms with van der Waals surface area (Å²) >= 11 is 0. The molecule has 0 spiro atoms. The quantitative estimate of drug-likeness (QED) is 0.791. The Kier molecular flexibility index (Phi) is 2.77. The van der Waals surface area contributed by atoms with Crippen LogP contribution in [-0.4, -0.2) is 11.7 Å². The zero-order chi connectivity index (χ0) is 11.7. The van der Waals surface area contributed by atoms with E-state index in [1.54, 1.807) is 12.1 Å². The summed E-state index contributed by atoms with van der Waals surface area (Å²) < 4.78 is 0. The molecule has 0 aromatic heterocycles. The number of hydrogen-bond donors (Lipinski definition) is 1. The SMILES string of the molecule is CC(=O)c1ccc(C)c(NC(=O)C2CC2)c1. The van der Waals surface area contributed by atoms with Crippen molar-refractivity contribution < 1.29 is 9.59 Å². The summed E-state index contributed by atoms with van der Waals surface area (Å²) in [6.45, 7) is 3.45. The molecule has 1 N–H and O–H groups in total. The van der Waals surface area contributed by atoms with Gasteiger partial charge in [0.1, 0.15) is 0 Å². The predicted molar refractivity (Wildman–Crippen MR) is 62.5 cm³/mol. The van der Waals surface area contributed by atoms with Crippen LogP contribution in [0.25, 0.3) is 0 Å². The molecule has 1 fully saturated rings. The maximum atomic E-state index is 11.6. The van der Waals surface area contributed by atoms with Crippen LogP contribution in [0.4, 0.5) is 5.69 Å². The molecule has 1 aliphatic rings. The standard InChI is InChI=1S/C13H15NO2/c1-8-3-4-11(9(2)15)7-12(8)14-13(16)10-5-6-10/h3-4,7,10H,5-6H2,1-2H3,(H,14,16). The van der Waals surface area contributed by atoms with Crippen LogP contribution in [0, 0.1) is 12.8 Å². The summed E-state index contributed by atoms with van der Waals surface area (Å²) in [5, 5.41) is 2.88. The summed E-state index contributed by atoms with van der Waals surface area (Å²) in [5.74, 6) is 0.270. The molecule has 1 saturated carbocycles. The van der Waals surface area contributed by atoms with E-state index in [9.17, 15) is 9.59 Å². The van der Waals surface area contributed by atoms with Gasteiger partial charge < -0.3 is 5.32 Å². The maximum absolute atomic E-state index is 11.6. The van der Waals surface area contributed by atoms with Gasteiger partial charge in [-0.3, -0.25) is 9.59 Å². The van der Waals surface area contributed by atoms with Crippen LogP contribution < -0.4 is 5.32 Å². The fourth-order valence-corrected chi connectivity index (χ4v) is 1.56. The van der Waals surface area contributed by atoms with E-state index >= 15 is 0 Å². The number of carbonyl (C=O) groups is 2. The van der Waals surface area contributed by atoms with Crippen molar-refractivity contribution in [1.29, 1.82) is 0 Å². The van der Waals surface area contributed by atoms with E-state index in [1.165, 1.54) is 6.92 Å². The van der Waals surface area contributed by atoms with Gasteiger partial charge in [-0.1, -0.05) is 12.1 Å². The lowest BCUT2D eigenvalue weighted by Crippen LogP contribution is -2.14. The largest absolute Gasteiger partial charge is 0.326 e. The van der Waals surface area contributed by atoms with Crippen LogP contribution in [0.15, 0.2) is 18.2 Å². The van der Waals surface area contributed by atoms with Gasteiger partial charge in [0.15, 0.2) is 5.78 Å². The normalized spacial score (nSPS) is 14.6. The number of Topliss-reactive ketones (excluding diaryl/α,β-unsaturated/α-hetero) is 1. The first-order valence-corrected chi connectivity index (χ1v) is 5.50. The highest BCUT2D eigenvalue weighted by molar-refractivity contribution is 5.98. The van der Waals surface area contributed by atoms with Crippen LogP contribution in [-0.2, 0) is 4.79 Å². The third-order valence-electron chi connectivity index (χ3n) is 2.85. The minimum Gasteiger partial charge on any atom is -0.326 e. The molecular weight excluding hydrogens is 202 g/mol.